The van der Waals surface area contributed by atoms with Crippen molar-refractivity contribution >= 4 is 24.2 Å². The van der Waals surface area contributed by atoms with Crippen LogP contribution >= 0.6 is 24.2 Å². The van der Waals surface area contributed by atoms with E-state index in [2.05, 4.69) is 53.4 Å². The Hall–Kier alpha value is -0.960. The quantitative estimate of drug-likeness (QED) is 0.761. The lowest BCUT2D eigenvalue weighted by molar-refractivity contribution is 0.326. The second-order valence-corrected chi connectivity index (χ2v) is 7.15. The van der Waals surface area contributed by atoms with E-state index < -0.39 is 0 Å². The number of hydrogen-bond donors (Lipinski definition) is 0. The summed E-state index contributed by atoms with van der Waals surface area (Å²) in [6.07, 6.45) is 4.01. The van der Waals surface area contributed by atoms with Crippen molar-refractivity contribution in [1.29, 1.82) is 0 Å². The van der Waals surface area contributed by atoms with Gasteiger partial charge in [-0.1, -0.05) is 48.2 Å². The number of benzene rings is 2. The third-order valence-corrected chi connectivity index (χ3v) is 5.92. The minimum atomic E-state index is 0. The monoisotopic (exact) mass is 331 g/mol. The highest BCUT2D eigenvalue weighted by Gasteiger charge is 2.26. The normalized spacial score (nSPS) is 17.6. The second kappa shape index (κ2) is 7.08. The van der Waals surface area contributed by atoms with Crippen LogP contribution in [0.1, 0.15) is 36.3 Å². The Morgan fingerprint density at radius 3 is 2.00 bits per heavy atom. The average Bonchev–Trinajstić information content (AvgIpc) is 3.05. The lowest BCUT2D eigenvalue weighted by Crippen LogP contribution is -2.23. The van der Waals surface area contributed by atoms with Crippen LogP contribution in [0, 0.1) is 0 Å². The molecule has 3 heteroatoms. The van der Waals surface area contributed by atoms with Crippen molar-refractivity contribution in [2.45, 2.75) is 35.0 Å². The maximum absolute atomic E-state index is 2.63. The van der Waals surface area contributed by atoms with E-state index in [1.165, 1.54) is 59.8 Å². The summed E-state index contributed by atoms with van der Waals surface area (Å²) in [4.78, 5) is 5.53. The molecule has 0 aliphatic carbocycles. The zero-order valence-corrected chi connectivity index (χ0v) is 14.3. The molecule has 0 spiro atoms. The predicted molar refractivity (Wildman–Crippen MR) is 96.4 cm³/mol. The van der Waals surface area contributed by atoms with Gasteiger partial charge in [0, 0.05) is 15.7 Å². The summed E-state index contributed by atoms with van der Waals surface area (Å²) in [7, 11) is 0. The molecule has 0 aromatic heterocycles. The molecule has 2 aliphatic heterocycles. The molecule has 1 fully saturated rings. The molecule has 4 rings (SSSR count). The highest BCUT2D eigenvalue weighted by molar-refractivity contribution is 7.99. The van der Waals surface area contributed by atoms with Crippen LogP contribution in [0.15, 0.2) is 58.3 Å². The Balaban J connectivity index is 0.00000144. The number of likely N-dealkylation sites (tertiary alicyclic amines) is 1. The molecule has 0 radical (unpaired) electrons. The van der Waals surface area contributed by atoms with E-state index in [0.717, 1.165) is 0 Å². The van der Waals surface area contributed by atoms with Crippen LogP contribution in [0.5, 0.6) is 0 Å². The van der Waals surface area contributed by atoms with Gasteiger partial charge < -0.3 is 4.90 Å². The topological polar surface area (TPSA) is 3.24 Å². The Morgan fingerprint density at radius 1 is 0.864 bits per heavy atom. The summed E-state index contributed by atoms with van der Waals surface area (Å²) < 4.78 is 0. The number of fused-ring (bicyclic) bond motifs is 2. The van der Waals surface area contributed by atoms with Crippen molar-refractivity contribution in [3.05, 3.63) is 59.7 Å². The number of rotatable bonds is 3. The van der Waals surface area contributed by atoms with Gasteiger partial charge in [0.05, 0.1) is 0 Å². The van der Waals surface area contributed by atoms with Gasteiger partial charge in [-0.25, -0.2) is 0 Å². The largest absolute Gasteiger partial charge is 0.303 e. The van der Waals surface area contributed by atoms with Gasteiger partial charge in [0.1, 0.15) is 0 Å². The molecule has 0 N–H and O–H groups in total. The smallest absolute Gasteiger partial charge is 0.0160 e. The second-order valence-electron chi connectivity index (χ2n) is 6.07. The standard InChI is InChI=1S/C19H21NS.ClH/c1-3-9-18-16(7-1)15(11-14-20-12-5-6-13-20)17-8-2-4-10-19(17)21-18;/h1-4,7-10,15H,5-6,11-14H2;1H. The van der Waals surface area contributed by atoms with Crippen LogP contribution in [-0.4, -0.2) is 24.5 Å². The van der Waals surface area contributed by atoms with Crippen LogP contribution in [-0.2, 0) is 0 Å². The highest BCUT2D eigenvalue weighted by Crippen LogP contribution is 2.46. The fraction of sp³-hybridized carbons (Fsp3) is 0.368. The van der Waals surface area contributed by atoms with E-state index in [9.17, 15) is 0 Å². The number of nitrogens with zero attached hydrogens (tertiary/aromatic N) is 1. The maximum Gasteiger partial charge on any atom is 0.0160 e. The summed E-state index contributed by atoms with van der Waals surface area (Å²) >= 11 is 1.93. The first-order valence-corrected chi connectivity index (χ1v) is 8.81. The minimum absolute atomic E-state index is 0. The van der Waals surface area contributed by atoms with Crippen LogP contribution < -0.4 is 0 Å². The molecule has 116 valence electrons. The maximum atomic E-state index is 2.63. The third kappa shape index (κ3) is 3.05. The van der Waals surface area contributed by atoms with E-state index in [1.54, 1.807) is 0 Å². The zero-order chi connectivity index (χ0) is 14.1. The Labute approximate surface area is 143 Å². The van der Waals surface area contributed by atoms with Crippen LogP contribution in [0.25, 0.3) is 0 Å². The van der Waals surface area contributed by atoms with Gasteiger partial charge >= 0.3 is 0 Å². The fourth-order valence-electron chi connectivity index (χ4n) is 3.64. The van der Waals surface area contributed by atoms with Crippen LogP contribution in [0.2, 0.25) is 0 Å². The summed E-state index contributed by atoms with van der Waals surface area (Å²) in [5, 5.41) is 0. The molecule has 2 aromatic carbocycles. The van der Waals surface area contributed by atoms with Gasteiger partial charge in [0.2, 0.25) is 0 Å². The summed E-state index contributed by atoms with van der Waals surface area (Å²) in [6.45, 7) is 3.83. The SMILES string of the molecule is Cl.c1ccc2c(c1)Sc1ccccc1C2CCN1CCCC1. The minimum Gasteiger partial charge on any atom is -0.303 e. The van der Waals surface area contributed by atoms with Gasteiger partial charge in [0.25, 0.3) is 0 Å². The van der Waals surface area contributed by atoms with Gasteiger partial charge in [-0.05, 0) is 62.2 Å². The van der Waals surface area contributed by atoms with Crippen molar-refractivity contribution in [2.24, 2.45) is 0 Å². The van der Waals surface area contributed by atoms with E-state index in [-0.39, 0.29) is 12.4 Å². The van der Waals surface area contributed by atoms with Crippen molar-refractivity contribution in [2.75, 3.05) is 19.6 Å². The molecule has 2 aliphatic rings. The molecule has 2 aromatic rings. The molecule has 0 amide bonds. The first kappa shape index (κ1) is 15.9. The Bertz CT molecular complexity index is 591. The highest BCUT2D eigenvalue weighted by atomic mass is 35.5. The average molecular weight is 332 g/mol. The lowest BCUT2D eigenvalue weighted by atomic mass is 9.88. The summed E-state index contributed by atoms with van der Waals surface area (Å²) in [6, 6.07) is 17.9. The molecule has 22 heavy (non-hydrogen) atoms. The number of hydrogen-bond acceptors (Lipinski definition) is 2. The molecule has 0 saturated carbocycles. The van der Waals surface area contributed by atoms with Crippen molar-refractivity contribution in [3.8, 4) is 0 Å². The number of halogens is 1. The van der Waals surface area contributed by atoms with E-state index in [0.29, 0.717) is 5.92 Å². The summed E-state index contributed by atoms with van der Waals surface area (Å²) in [5.41, 5.74) is 3.06. The molecule has 1 nitrogen and oxygen atoms in total. The molecular formula is C19H22ClNS. The Morgan fingerprint density at radius 2 is 1.41 bits per heavy atom. The first-order valence-electron chi connectivity index (χ1n) is 8.00. The van der Waals surface area contributed by atoms with Gasteiger partial charge in [-0.3, -0.25) is 0 Å². The van der Waals surface area contributed by atoms with Crippen molar-refractivity contribution in [1.82, 2.24) is 4.90 Å². The molecule has 0 atom stereocenters. The van der Waals surface area contributed by atoms with Crippen LogP contribution in [0.4, 0.5) is 0 Å². The molecular weight excluding hydrogens is 310 g/mol. The first-order chi connectivity index (χ1) is 10.4. The van der Waals surface area contributed by atoms with Crippen molar-refractivity contribution < 1.29 is 0 Å². The zero-order valence-electron chi connectivity index (χ0n) is 12.7. The molecule has 2 heterocycles. The van der Waals surface area contributed by atoms with E-state index in [4.69, 9.17) is 0 Å². The fourth-order valence-corrected chi connectivity index (χ4v) is 4.82. The molecule has 0 unspecified atom stereocenters. The lowest BCUT2D eigenvalue weighted by Gasteiger charge is -2.29. The predicted octanol–water partition coefficient (Wildman–Crippen LogP) is 5.19. The van der Waals surface area contributed by atoms with Crippen LogP contribution in [0.3, 0.4) is 0 Å². The van der Waals surface area contributed by atoms with E-state index in [1.807, 2.05) is 11.8 Å². The molecule has 0 bridgehead atoms. The van der Waals surface area contributed by atoms with Gasteiger partial charge in [0.15, 0.2) is 0 Å². The summed E-state index contributed by atoms with van der Waals surface area (Å²) in [5.74, 6) is 0.569. The third-order valence-electron chi connectivity index (χ3n) is 4.74. The van der Waals surface area contributed by atoms with Crippen molar-refractivity contribution in [3.63, 3.8) is 0 Å². The Kier molecular flexibility index (Phi) is 5.12. The van der Waals surface area contributed by atoms with E-state index >= 15 is 0 Å². The van der Waals surface area contributed by atoms with Gasteiger partial charge in [-0.15, -0.1) is 12.4 Å². The molecule has 1 saturated heterocycles. The van der Waals surface area contributed by atoms with Gasteiger partial charge in [-0.2, -0.15) is 0 Å².